The van der Waals surface area contributed by atoms with E-state index in [9.17, 15) is 26.4 Å². The van der Waals surface area contributed by atoms with Crippen LogP contribution < -0.4 is 16.0 Å². The number of piperazine rings is 2. The van der Waals surface area contributed by atoms with E-state index in [1.807, 2.05) is 0 Å². The lowest BCUT2D eigenvalue weighted by Crippen LogP contribution is -2.57. The molecule has 2 aliphatic heterocycles. The number of sulfonamides is 2. The van der Waals surface area contributed by atoms with E-state index in [0.717, 1.165) is 10.8 Å². The number of amides is 1. The summed E-state index contributed by atoms with van der Waals surface area (Å²) in [5.74, 6) is -0.707. The van der Waals surface area contributed by atoms with Gasteiger partial charge in [0.05, 0.1) is 7.11 Å². The minimum absolute atomic E-state index is 0.0329. The number of hydrogen-bond acceptors (Lipinski definition) is 9. The van der Waals surface area contributed by atoms with Gasteiger partial charge in [0.25, 0.3) is 20.0 Å². The van der Waals surface area contributed by atoms with Crippen LogP contribution in [-0.4, -0.2) is 113 Å². The molecular weight excluding hydrogens is 681 g/mol. The topological polar surface area (TPSA) is 186 Å². The van der Waals surface area contributed by atoms with Crippen molar-refractivity contribution in [1.29, 1.82) is 0 Å². The molecule has 1 amide bonds. The summed E-state index contributed by atoms with van der Waals surface area (Å²) in [6, 6.07) is 12.1. The summed E-state index contributed by atoms with van der Waals surface area (Å²) in [7, 11) is -4.62. The van der Waals surface area contributed by atoms with Crippen LogP contribution in [0.25, 0.3) is 21.8 Å². The first kappa shape index (κ1) is 34.1. The van der Waals surface area contributed by atoms with Crippen LogP contribution >= 0.6 is 23.2 Å². The number of aromatic nitrogens is 2. The molecule has 2 aliphatic rings. The van der Waals surface area contributed by atoms with Crippen molar-refractivity contribution >= 4 is 76.9 Å². The number of carbonyl (C=O) groups excluding carboxylic acids is 2. The molecule has 6 rings (SSSR count). The largest absolute Gasteiger partial charge is 0.468 e. The van der Waals surface area contributed by atoms with Gasteiger partial charge >= 0.3 is 5.97 Å². The molecule has 2 unspecified atom stereocenters. The van der Waals surface area contributed by atoms with Gasteiger partial charge in [0.1, 0.15) is 22.1 Å². The SMILES string of the molecule is CNC(=O)C1CN(S(=O)(=O)c2cc3cc(Cl)ccc3[nH]2)CCN1.COC(=O)C1CN(S(=O)(=O)c2cc3cc(Cl)ccc3[nH]2)CCN1. The lowest BCUT2D eigenvalue weighted by molar-refractivity contribution is -0.143. The second-order valence-corrected chi connectivity index (χ2v) is 15.3. The third-order valence-electron chi connectivity index (χ3n) is 7.68. The number of hydrogen-bond donors (Lipinski definition) is 5. The van der Waals surface area contributed by atoms with Gasteiger partial charge in [-0.2, -0.15) is 8.61 Å². The fourth-order valence-corrected chi connectivity index (χ4v) is 8.54. The summed E-state index contributed by atoms with van der Waals surface area (Å²) in [5.41, 5.74) is 1.39. The van der Waals surface area contributed by atoms with Gasteiger partial charge in [-0.3, -0.25) is 9.59 Å². The lowest BCUT2D eigenvalue weighted by Gasteiger charge is -2.31. The van der Waals surface area contributed by atoms with Crippen molar-refractivity contribution < 1.29 is 31.2 Å². The molecule has 2 atom stereocenters. The lowest BCUT2D eigenvalue weighted by atomic mass is 10.2. The summed E-state index contributed by atoms with van der Waals surface area (Å²) >= 11 is 11.9. The summed E-state index contributed by atoms with van der Waals surface area (Å²) in [5, 5.41) is 11.2. The monoisotopic (exact) mass is 713 g/mol. The number of nitrogens with zero attached hydrogens (tertiary/aromatic N) is 2. The number of benzene rings is 2. The zero-order valence-corrected chi connectivity index (χ0v) is 28.0. The number of carbonyl (C=O) groups is 2. The normalized spacial score (nSPS) is 19.8. The molecule has 2 aromatic heterocycles. The van der Waals surface area contributed by atoms with Crippen molar-refractivity contribution in [2.45, 2.75) is 22.1 Å². The number of rotatable bonds is 6. The smallest absolute Gasteiger partial charge is 0.324 e. The molecule has 0 aliphatic carbocycles. The Bertz CT molecular complexity index is 1840. The number of aromatic amines is 2. The second kappa shape index (κ2) is 13.9. The number of nitrogens with one attached hydrogen (secondary N) is 5. The summed E-state index contributed by atoms with van der Waals surface area (Å²) < 4.78 is 58.4. The molecule has 0 spiro atoms. The van der Waals surface area contributed by atoms with E-state index < -0.39 is 38.1 Å². The van der Waals surface area contributed by atoms with Crippen molar-refractivity contribution in [2.24, 2.45) is 0 Å². The zero-order chi connectivity index (χ0) is 33.2. The van der Waals surface area contributed by atoms with Crippen molar-refractivity contribution in [2.75, 3.05) is 53.4 Å². The molecular formula is C28H33Cl2N7O7S2. The first-order valence-electron chi connectivity index (χ1n) is 14.2. The number of ether oxygens (including phenoxy) is 1. The highest BCUT2D eigenvalue weighted by molar-refractivity contribution is 7.89. The van der Waals surface area contributed by atoms with Crippen molar-refractivity contribution in [3.63, 3.8) is 0 Å². The van der Waals surface area contributed by atoms with Gasteiger partial charge < -0.3 is 30.7 Å². The van der Waals surface area contributed by atoms with Crippen LogP contribution in [0, 0.1) is 0 Å². The quantitative estimate of drug-likeness (QED) is 0.185. The van der Waals surface area contributed by atoms with Gasteiger partial charge in [-0.15, -0.1) is 0 Å². The van der Waals surface area contributed by atoms with Crippen LogP contribution in [0.4, 0.5) is 0 Å². The number of fused-ring (bicyclic) bond motifs is 2. The highest BCUT2D eigenvalue weighted by atomic mass is 35.5. The summed E-state index contributed by atoms with van der Waals surface area (Å²) in [6.45, 7) is 1.52. The molecule has 248 valence electrons. The fraction of sp³-hybridized carbons (Fsp3) is 0.357. The molecule has 0 bridgehead atoms. The molecule has 5 N–H and O–H groups in total. The molecule has 2 aromatic carbocycles. The highest BCUT2D eigenvalue weighted by Crippen LogP contribution is 2.26. The molecule has 46 heavy (non-hydrogen) atoms. The van der Waals surface area contributed by atoms with Crippen LogP contribution in [0.3, 0.4) is 0 Å². The van der Waals surface area contributed by atoms with Crippen LogP contribution in [0.15, 0.2) is 58.6 Å². The van der Waals surface area contributed by atoms with Crippen LogP contribution in [-0.2, 0) is 34.4 Å². The average molecular weight is 715 g/mol. The van der Waals surface area contributed by atoms with Crippen molar-refractivity contribution in [3.8, 4) is 0 Å². The number of halogens is 2. The first-order chi connectivity index (χ1) is 21.8. The Balaban J connectivity index is 0.000000181. The van der Waals surface area contributed by atoms with Crippen molar-refractivity contribution in [3.05, 3.63) is 58.6 Å². The van der Waals surface area contributed by atoms with Gasteiger partial charge in [0, 0.05) is 78.2 Å². The molecule has 4 aromatic rings. The van der Waals surface area contributed by atoms with E-state index in [-0.39, 0.29) is 35.6 Å². The molecule has 2 fully saturated rings. The van der Waals surface area contributed by atoms with E-state index in [4.69, 9.17) is 23.2 Å². The molecule has 4 heterocycles. The number of esters is 1. The predicted octanol–water partition coefficient (Wildman–Crippen LogP) is 1.49. The maximum Gasteiger partial charge on any atom is 0.324 e. The van der Waals surface area contributed by atoms with E-state index in [1.54, 1.807) is 48.5 Å². The van der Waals surface area contributed by atoms with Crippen LogP contribution in [0.1, 0.15) is 0 Å². The van der Waals surface area contributed by atoms with Gasteiger partial charge in [-0.1, -0.05) is 23.2 Å². The standard InChI is InChI=1S/C14H17ClN4O3S.C14H16ClN3O4S/c1-16-14(20)12-8-19(5-4-17-12)23(21,22)13-7-9-6-10(15)2-3-11(9)18-13;1-22-14(19)12-8-18(5-4-16-12)23(20,21)13-7-9-6-10(15)2-3-11(9)17-13/h2-3,6-7,12,17-18H,4-5,8H2,1H3,(H,16,20);2-3,6-7,12,16-17H,4-5,8H2,1H3. The Hall–Kier alpha value is -3.22. The fourth-order valence-electron chi connectivity index (χ4n) is 5.24. The third kappa shape index (κ3) is 7.18. The molecule has 2 saturated heterocycles. The van der Waals surface area contributed by atoms with Gasteiger partial charge in [0.15, 0.2) is 0 Å². The maximum atomic E-state index is 12.8. The van der Waals surface area contributed by atoms with E-state index >= 15 is 0 Å². The Morgan fingerprint density at radius 1 is 0.783 bits per heavy atom. The third-order valence-corrected chi connectivity index (χ3v) is 11.7. The Morgan fingerprint density at radius 3 is 1.70 bits per heavy atom. The van der Waals surface area contributed by atoms with E-state index in [2.05, 4.69) is 30.7 Å². The summed E-state index contributed by atoms with van der Waals surface area (Å²) in [4.78, 5) is 29.2. The minimum Gasteiger partial charge on any atom is -0.468 e. The first-order valence-corrected chi connectivity index (χ1v) is 17.8. The number of methoxy groups -OCH3 is 1. The van der Waals surface area contributed by atoms with E-state index in [1.165, 1.54) is 22.8 Å². The van der Waals surface area contributed by atoms with E-state index in [0.29, 0.717) is 40.7 Å². The highest BCUT2D eigenvalue weighted by Gasteiger charge is 2.35. The van der Waals surface area contributed by atoms with Gasteiger partial charge in [-0.25, -0.2) is 16.8 Å². The Kier molecular flexibility index (Phi) is 10.3. The molecule has 0 radical (unpaired) electrons. The Morgan fingerprint density at radius 2 is 1.24 bits per heavy atom. The second-order valence-electron chi connectivity index (χ2n) is 10.6. The Labute approximate surface area is 275 Å². The van der Waals surface area contributed by atoms with Gasteiger partial charge in [0.2, 0.25) is 5.91 Å². The summed E-state index contributed by atoms with van der Waals surface area (Å²) in [6.07, 6.45) is 0. The molecule has 0 saturated carbocycles. The van der Waals surface area contributed by atoms with Gasteiger partial charge in [-0.05, 0) is 48.5 Å². The zero-order valence-electron chi connectivity index (χ0n) is 24.8. The molecule has 14 nitrogen and oxygen atoms in total. The maximum absolute atomic E-state index is 12.8. The van der Waals surface area contributed by atoms with Crippen LogP contribution in [0.2, 0.25) is 10.0 Å². The number of likely N-dealkylation sites (N-methyl/N-ethyl adjacent to an activating group) is 1. The van der Waals surface area contributed by atoms with Crippen LogP contribution in [0.5, 0.6) is 0 Å². The minimum atomic E-state index is -3.72. The average Bonchev–Trinajstić information content (AvgIpc) is 3.69. The number of H-pyrrole nitrogens is 2. The molecule has 18 heteroatoms. The predicted molar refractivity (Wildman–Crippen MR) is 174 cm³/mol. The van der Waals surface area contributed by atoms with Crippen molar-refractivity contribution in [1.82, 2.24) is 34.5 Å².